The molecule has 0 spiro atoms. The van der Waals surface area contributed by atoms with Crippen LogP contribution in [0.3, 0.4) is 0 Å². The number of hydrogen-bond donors (Lipinski definition) is 0. The van der Waals surface area contributed by atoms with Gasteiger partial charge in [-0.25, -0.2) is 9.78 Å². The number of rotatable bonds is 2. The van der Waals surface area contributed by atoms with Gasteiger partial charge < -0.3 is 0 Å². The van der Waals surface area contributed by atoms with Crippen LogP contribution < -0.4 is 11.2 Å². The summed E-state index contributed by atoms with van der Waals surface area (Å²) in [5.74, 6) is 0. The highest BCUT2D eigenvalue weighted by atomic mass is 32.1. The van der Waals surface area contributed by atoms with E-state index in [2.05, 4.69) is 29.2 Å². The van der Waals surface area contributed by atoms with E-state index in [0.717, 1.165) is 27.0 Å². The standard InChI is InChI=1S/C21H16N4O2S/c1-23-18-17(19(26)24(2)21(23)27)25-16(12-28-20(25)22-18)15-10-8-14(9-11-15)13-6-4-3-5-7-13/h3-12H,1-2H3. The number of thiazole rings is 1. The number of benzene rings is 2. The van der Waals surface area contributed by atoms with Crippen LogP contribution in [0, 0.1) is 0 Å². The van der Waals surface area contributed by atoms with Crippen LogP contribution in [0.5, 0.6) is 0 Å². The highest BCUT2D eigenvalue weighted by molar-refractivity contribution is 7.15. The molecule has 2 aromatic carbocycles. The van der Waals surface area contributed by atoms with Gasteiger partial charge >= 0.3 is 5.69 Å². The molecule has 0 N–H and O–H groups in total. The first-order valence-electron chi connectivity index (χ1n) is 8.78. The molecule has 0 radical (unpaired) electrons. The van der Waals surface area contributed by atoms with Crippen molar-refractivity contribution in [3.63, 3.8) is 0 Å². The van der Waals surface area contributed by atoms with Crippen molar-refractivity contribution < 1.29 is 0 Å². The van der Waals surface area contributed by atoms with Crippen LogP contribution in [-0.2, 0) is 14.1 Å². The minimum atomic E-state index is -0.378. The second-order valence-corrected chi connectivity index (χ2v) is 7.51. The van der Waals surface area contributed by atoms with E-state index in [1.165, 1.54) is 23.0 Å². The van der Waals surface area contributed by atoms with Gasteiger partial charge in [-0.05, 0) is 16.7 Å². The zero-order valence-corrected chi connectivity index (χ0v) is 16.1. The van der Waals surface area contributed by atoms with Gasteiger partial charge in [0.05, 0.1) is 5.69 Å². The van der Waals surface area contributed by atoms with Gasteiger partial charge in [-0.3, -0.25) is 18.3 Å². The van der Waals surface area contributed by atoms with Crippen LogP contribution in [0.15, 0.2) is 69.6 Å². The molecule has 0 aliphatic carbocycles. The number of nitrogens with zero attached hydrogens (tertiary/aromatic N) is 4. The third kappa shape index (κ3) is 2.30. The second kappa shape index (κ2) is 6.03. The molecule has 5 rings (SSSR count). The lowest BCUT2D eigenvalue weighted by molar-refractivity contribution is 0.708. The molecule has 0 aliphatic rings. The largest absolute Gasteiger partial charge is 0.332 e. The first-order valence-corrected chi connectivity index (χ1v) is 9.66. The Morgan fingerprint density at radius 2 is 1.46 bits per heavy atom. The average Bonchev–Trinajstić information content (AvgIpc) is 3.31. The molecule has 138 valence electrons. The molecule has 0 amide bonds. The predicted molar refractivity (Wildman–Crippen MR) is 112 cm³/mol. The van der Waals surface area contributed by atoms with Crippen LogP contribution in [0.1, 0.15) is 0 Å². The Balaban J connectivity index is 1.74. The SMILES string of the molecule is Cn1c(=O)c2c(nc3scc(-c4ccc(-c5ccccc5)cc4)n32)n(C)c1=O. The summed E-state index contributed by atoms with van der Waals surface area (Å²) in [5, 5.41) is 1.99. The van der Waals surface area contributed by atoms with Crippen LogP contribution in [0.25, 0.3) is 38.5 Å². The summed E-state index contributed by atoms with van der Waals surface area (Å²) in [7, 11) is 3.12. The summed E-state index contributed by atoms with van der Waals surface area (Å²) in [6, 6.07) is 18.4. The third-order valence-corrected chi connectivity index (χ3v) is 5.86. The summed E-state index contributed by atoms with van der Waals surface area (Å²) in [4.78, 5) is 30.2. The maximum atomic E-state index is 12.8. The third-order valence-electron chi connectivity index (χ3n) is 5.03. The molecule has 28 heavy (non-hydrogen) atoms. The maximum absolute atomic E-state index is 12.8. The van der Waals surface area contributed by atoms with Crippen molar-refractivity contribution in [1.82, 2.24) is 18.5 Å². The van der Waals surface area contributed by atoms with Gasteiger partial charge in [0.25, 0.3) is 5.56 Å². The zero-order valence-electron chi connectivity index (χ0n) is 15.3. The topological polar surface area (TPSA) is 61.3 Å². The minimum absolute atomic E-state index is 0.342. The van der Waals surface area contributed by atoms with Gasteiger partial charge in [0.1, 0.15) is 0 Å². The zero-order chi connectivity index (χ0) is 19.4. The predicted octanol–water partition coefficient (Wildman–Crippen LogP) is 3.28. The first kappa shape index (κ1) is 16.7. The molecule has 3 heterocycles. The number of aromatic nitrogens is 4. The van der Waals surface area contributed by atoms with Gasteiger partial charge in [0.15, 0.2) is 16.1 Å². The smallest absolute Gasteiger partial charge is 0.279 e. The molecule has 0 fully saturated rings. The maximum Gasteiger partial charge on any atom is 0.332 e. The van der Waals surface area contributed by atoms with Gasteiger partial charge in [0.2, 0.25) is 0 Å². The Morgan fingerprint density at radius 3 is 2.18 bits per heavy atom. The number of aryl methyl sites for hydroxylation is 1. The molecule has 0 saturated carbocycles. The van der Waals surface area contributed by atoms with E-state index in [1.54, 1.807) is 7.05 Å². The Hall–Kier alpha value is -3.45. The fourth-order valence-electron chi connectivity index (χ4n) is 3.50. The Labute approximate surface area is 163 Å². The van der Waals surface area contributed by atoms with Crippen LogP contribution in [-0.4, -0.2) is 18.5 Å². The summed E-state index contributed by atoms with van der Waals surface area (Å²) in [6.45, 7) is 0. The lowest BCUT2D eigenvalue weighted by atomic mass is 10.0. The normalized spacial score (nSPS) is 11.5. The molecule has 0 bridgehead atoms. The summed E-state index contributed by atoms with van der Waals surface area (Å²) < 4.78 is 4.38. The van der Waals surface area contributed by atoms with Crippen molar-refractivity contribution >= 4 is 27.5 Å². The highest BCUT2D eigenvalue weighted by Crippen LogP contribution is 2.30. The van der Waals surface area contributed by atoms with Gasteiger partial charge in [-0.2, -0.15) is 0 Å². The fourth-order valence-corrected chi connectivity index (χ4v) is 4.39. The monoisotopic (exact) mass is 388 g/mol. The van der Waals surface area contributed by atoms with E-state index in [4.69, 9.17) is 0 Å². The summed E-state index contributed by atoms with van der Waals surface area (Å²) >= 11 is 1.45. The van der Waals surface area contributed by atoms with Gasteiger partial charge in [-0.1, -0.05) is 54.6 Å². The molecule has 7 heteroatoms. The first-order chi connectivity index (χ1) is 13.6. The van der Waals surface area contributed by atoms with E-state index in [9.17, 15) is 9.59 Å². The van der Waals surface area contributed by atoms with Crippen molar-refractivity contribution in [2.24, 2.45) is 14.1 Å². The number of hydrogen-bond acceptors (Lipinski definition) is 4. The molecule has 0 aliphatic heterocycles. The van der Waals surface area contributed by atoms with Crippen molar-refractivity contribution in [2.45, 2.75) is 0 Å². The van der Waals surface area contributed by atoms with Crippen LogP contribution in [0.2, 0.25) is 0 Å². The average molecular weight is 388 g/mol. The molecular weight excluding hydrogens is 372 g/mol. The molecule has 6 nitrogen and oxygen atoms in total. The van der Waals surface area contributed by atoms with Crippen molar-refractivity contribution in [3.05, 3.63) is 80.8 Å². The number of fused-ring (bicyclic) bond motifs is 3. The Kier molecular flexibility index (Phi) is 3.60. The van der Waals surface area contributed by atoms with E-state index in [1.807, 2.05) is 40.1 Å². The fraction of sp³-hybridized carbons (Fsp3) is 0.0952. The summed E-state index contributed by atoms with van der Waals surface area (Å²) in [6.07, 6.45) is 0. The minimum Gasteiger partial charge on any atom is -0.279 e. The van der Waals surface area contributed by atoms with Gasteiger partial charge in [-0.15, -0.1) is 11.3 Å². The van der Waals surface area contributed by atoms with Crippen molar-refractivity contribution in [3.8, 4) is 22.4 Å². The molecule has 5 aromatic rings. The van der Waals surface area contributed by atoms with Crippen LogP contribution >= 0.6 is 11.3 Å². The van der Waals surface area contributed by atoms with Crippen molar-refractivity contribution in [2.75, 3.05) is 0 Å². The van der Waals surface area contributed by atoms with Gasteiger partial charge in [0, 0.05) is 19.5 Å². The van der Waals surface area contributed by atoms with Crippen LogP contribution in [0.4, 0.5) is 0 Å². The lowest BCUT2D eigenvalue weighted by Crippen LogP contribution is -2.37. The highest BCUT2D eigenvalue weighted by Gasteiger charge is 2.19. The van der Waals surface area contributed by atoms with E-state index < -0.39 is 0 Å². The lowest BCUT2D eigenvalue weighted by Gasteiger charge is -2.06. The second-order valence-electron chi connectivity index (χ2n) is 6.67. The van der Waals surface area contributed by atoms with Crippen molar-refractivity contribution in [1.29, 1.82) is 0 Å². The quantitative estimate of drug-likeness (QED) is 0.466. The molecule has 3 aromatic heterocycles. The van der Waals surface area contributed by atoms with E-state index >= 15 is 0 Å². The number of imidazole rings is 1. The molecule has 0 atom stereocenters. The Bertz CT molecular complexity index is 1450. The summed E-state index contributed by atoms with van der Waals surface area (Å²) in [5.41, 5.74) is 4.26. The molecule has 0 saturated heterocycles. The van der Waals surface area contributed by atoms with E-state index in [0.29, 0.717) is 16.1 Å². The molecular formula is C21H16N4O2S. The Morgan fingerprint density at radius 1 is 0.821 bits per heavy atom. The molecule has 0 unspecified atom stereocenters. The van der Waals surface area contributed by atoms with E-state index in [-0.39, 0.29) is 11.2 Å².